The topological polar surface area (TPSA) is 38.9 Å². The summed E-state index contributed by atoms with van der Waals surface area (Å²) in [5.74, 6) is 0.602. The molecule has 2 heteroatoms. The van der Waals surface area contributed by atoms with E-state index in [9.17, 15) is 0 Å². The zero-order valence-electron chi connectivity index (χ0n) is 10.5. The molecule has 2 N–H and O–H groups in total. The fourth-order valence-corrected chi connectivity index (χ4v) is 2.49. The first-order chi connectivity index (χ1) is 8.72. The third-order valence-corrected chi connectivity index (χ3v) is 3.37. The van der Waals surface area contributed by atoms with E-state index in [0.29, 0.717) is 5.82 Å². The Morgan fingerprint density at radius 1 is 1.11 bits per heavy atom. The van der Waals surface area contributed by atoms with Gasteiger partial charge in [0, 0.05) is 0 Å². The average molecular weight is 236 g/mol. The lowest BCUT2D eigenvalue weighted by Crippen LogP contribution is -2.02. The van der Waals surface area contributed by atoms with Crippen LogP contribution in [0.3, 0.4) is 0 Å². The molecule has 0 fully saturated rings. The SMILES string of the molecule is Cc1cc(N)nc(C2=Cc3ccccc3CC2)c1. The van der Waals surface area contributed by atoms with Gasteiger partial charge in [0.05, 0.1) is 5.69 Å². The van der Waals surface area contributed by atoms with Gasteiger partial charge in [-0.1, -0.05) is 24.3 Å². The average Bonchev–Trinajstić information content (AvgIpc) is 2.37. The quantitative estimate of drug-likeness (QED) is 0.823. The van der Waals surface area contributed by atoms with Crippen molar-refractivity contribution >= 4 is 17.5 Å². The predicted octanol–water partition coefficient (Wildman–Crippen LogP) is 3.46. The van der Waals surface area contributed by atoms with Crippen molar-refractivity contribution in [3.8, 4) is 0 Å². The Labute approximate surface area is 107 Å². The van der Waals surface area contributed by atoms with Gasteiger partial charge in [0.2, 0.25) is 0 Å². The minimum absolute atomic E-state index is 0.602. The lowest BCUT2D eigenvalue weighted by atomic mass is 9.90. The normalized spacial score (nSPS) is 13.9. The summed E-state index contributed by atoms with van der Waals surface area (Å²) >= 11 is 0. The zero-order chi connectivity index (χ0) is 12.5. The second-order valence-electron chi connectivity index (χ2n) is 4.82. The Morgan fingerprint density at radius 2 is 1.94 bits per heavy atom. The molecule has 0 unspecified atom stereocenters. The van der Waals surface area contributed by atoms with Gasteiger partial charge >= 0.3 is 0 Å². The molecule has 1 aromatic heterocycles. The molecule has 0 saturated heterocycles. The van der Waals surface area contributed by atoms with E-state index in [1.165, 1.54) is 16.7 Å². The van der Waals surface area contributed by atoms with Gasteiger partial charge in [0.15, 0.2) is 0 Å². The maximum atomic E-state index is 5.82. The van der Waals surface area contributed by atoms with Crippen molar-refractivity contribution in [2.24, 2.45) is 0 Å². The smallest absolute Gasteiger partial charge is 0.124 e. The Bertz CT molecular complexity index is 606. The van der Waals surface area contributed by atoms with Crippen LogP contribution in [0.2, 0.25) is 0 Å². The largest absolute Gasteiger partial charge is 0.384 e. The Kier molecular flexibility index (Phi) is 2.63. The van der Waals surface area contributed by atoms with Crippen molar-refractivity contribution in [2.45, 2.75) is 19.8 Å². The van der Waals surface area contributed by atoms with E-state index in [2.05, 4.69) is 48.3 Å². The maximum Gasteiger partial charge on any atom is 0.124 e. The summed E-state index contributed by atoms with van der Waals surface area (Å²) in [4.78, 5) is 4.44. The number of nitrogens with zero attached hydrogens (tertiary/aromatic N) is 1. The van der Waals surface area contributed by atoms with E-state index in [-0.39, 0.29) is 0 Å². The molecule has 1 aliphatic carbocycles. The standard InChI is InChI=1S/C16H16N2/c1-11-8-15(18-16(17)9-11)14-7-6-12-4-2-3-5-13(12)10-14/h2-5,8-10H,6-7H2,1H3,(H2,17,18). The van der Waals surface area contributed by atoms with Crippen molar-refractivity contribution in [1.82, 2.24) is 4.98 Å². The number of pyridine rings is 1. The first-order valence-electron chi connectivity index (χ1n) is 6.25. The van der Waals surface area contributed by atoms with Crippen LogP contribution in [0.4, 0.5) is 5.82 Å². The summed E-state index contributed by atoms with van der Waals surface area (Å²) in [6.45, 7) is 2.05. The van der Waals surface area contributed by atoms with Crippen LogP contribution in [0.5, 0.6) is 0 Å². The van der Waals surface area contributed by atoms with Crippen LogP contribution in [0.1, 0.15) is 28.8 Å². The fraction of sp³-hybridized carbons (Fsp3) is 0.188. The van der Waals surface area contributed by atoms with Gasteiger partial charge in [-0.2, -0.15) is 0 Å². The van der Waals surface area contributed by atoms with E-state index < -0.39 is 0 Å². The lowest BCUT2D eigenvalue weighted by Gasteiger charge is -2.16. The van der Waals surface area contributed by atoms with Gasteiger partial charge in [-0.05, 0) is 60.2 Å². The number of nitrogens with two attached hydrogens (primary N) is 1. The first-order valence-corrected chi connectivity index (χ1v) is 6.25. The third-order valence-electron chi connectivity index (χ3n) is 3.37. The number of nitrogen functional groups attached to an aromatic ring is 1. The van der Waals surface area contributed by atoms with Crippen LogP contribution in [0.25, 0.3) is 11.6 Å². The number of hydrogen-bond donors (Lipinski definition) is 1. The summed E-state index contributed by atoms with van der Waals surface area (Å²) < 4.78 is 0. The molecule has 90 valence electrons. The van der Waals surface area contributed by atoms with Crippen LogP contribution in [0.15, 0.2) is 36.4 Å². The van der Waals surface area contributed by atoms with Crippen molar-refractivity contribution < 1.29 is 0 Å². The second-order valence-corrected chi connectivity index (χ2v) is 4.82. The molecule has 0 aliphatic heterocycles. The van der Waals surface area contributed by atoms with Crippen molar-refractivity contribution in [3.63, 3.8) is 0 Å². The summed E-state index contributed by atoms with van der Waals surface area (Å²) in [6, 6.07) is 12.5. The van der Waals surface area contributed by atoms with Crippen molar-refractivity contribution in [3.05, 3.63) is 58.8 Å². The van der Waals surface area contributed by atoms with Gasteiger partial charge in [0.1, 0.15) is 5.82 Å². The van der Waals surface area contributed by atoms with Gasteiger partial charge in [0.25, 0.3) is 0 Å². The zero-order valence-corrected chi connectivity index (χ0v) is 10.5. The number of aromatic nitrogens is 1. The highest BCUT2D eigenvalue weighted by atomic mass is 14.8. The molecule has 2 aromatic rings. The highest BCUT2D eigenvalue weighted by Gasteiger charge is 2.12. The van der Waals surface area contributed by atoms with Gasteiger partial charge in [-0.25, -0.2) is 4.98 Å². The Morgan fingerprint density at radius 3 is 2.78 bits per heavy atom. The lowest BCUT2D eigenvalue weighted by molar-refractivity contribution is 0.991. The molecule has 0 amide bonds. The molecule has 0 spiro atoms. The van der Waals surface area contributed by atoms with Gasteiger partial charge in [-0.3, -0.25) is 0 Å². The van der Waals surface area contributed by atoms with Crippen molar-refractivity contribution in [1.29, 1.82) is 0 Å². The van der Waals surface area contributed by atoms with Crippen LogP contribution >= 0.6 is 0 Å². The van der Waals surface area contributed by atoms with E-state index in [1.54, 1.807) is 0 Å². The van der Waals surface area contributed by atoms with Gasteiger partial charge in [-0.15, -0.1) is 0 Å². The number of benzene rings is 1. The van der Waals surface area contributed by atoms with Crippen LogP contribution < -0.4 is 5.73 Å². The van der Waals surface area contributed by atoms with Crippen molar-refractivity contribution in [2.75, 3.05) is 5.73 Å². The molecule has 0 atom stereocenters. The predicted molar refractivity (Wildman–Crippen MR) is 76.0 cm³/mol. The van der Waals surface area contributed by atoms with E-state index in [0.717, 1.165) is 24.1 Å². The minimum atomic E-state index is 0.602. The molecule has 1 aromatic carbocycles. The van der Waals surface area contributed by atoms with Gasteiger partial charge < -0.3 is 5.73 Å². The molecule has 2 nitrogen and oxygen atoms in total. The molecule has 0 saturated carbocycles. The minimum Gasteiger partial charge on any atom is -0.384 e. The summed E-state index contributed by atoms with van der Waals surface area (Å²) in [6.07, 6.45) is 4.35. The maximum absolute atomic E-state index is 5.82. The summed E-state index contributed by atoms with van der Waals surface area (Å²) in [5.41, 5.74) is 12.0. The first kappa shape index (κ1) is 11.0. The molecule has 1 heterocycles. The Hall–Kier alpha value is -2.09. The fourth-order valence-electron chi connectivity index (χ4n) is 2.49. The highest BCUT2D eigenvalue weighted by Crippen LogP contribution is 2.29. The summed E-state index contributed by atoms with van der Waals surface area (Å²) in [7, 11) is 0. The van der Waals surface area contributed by atoms with E-state index in [1.807, 2.05) is 6.07 Å². The Balaban J connectivity index is 2.06. The number of fused-ring (bicyclic) bond motifs is 1. The molecule has 18 heavy (non-hydrogen) atoms. The molecule has 0 bridgehead atoms. The molecular weight excluding hydrogens is 220 g/mol. The molecule has 3 rings (SSSR count). The number of allylic oxidation sites excluding steroid dienone is 1. The monoisotopic (exact) mass is 236 g/mol. The molecular formula is C16H16N2. The third kappa shape index (κ3) is 2.02. The number of hydrogen-bond acceptors (Lipinski definition) is 2. The van der Waals surface area contributed by atoms with E-state index >= 15 is 0 Å². The van der Waals surface area contributed by atoms with Crippen LogP contribution in [0, 0.1) is 6.92 Å². The van der Waals surface area contributed by atoms with Crippen LogP contribution in [-0.2, 0) is 6.42 Å². The van der Waals surface area contributed by atoms with Crippen LogP contribution in [-0.4, -0.2) is 4.98 Å². The van der Waals surface area contributed by atoms with E-state index in [4.69, 9.17) is 5.73 Å². The number of aryl methyl sites for hydroxylation is 2. The number of anilines is 1. The summed E-state index contributed by atoms with van der Waals surface area (Å²) in [5, 5.41) is 0. The molecule has 0 radical (unpaired) electrons. The number of rotatable bonds is 1. The highest BCUT2D eigenvalue weighted by molar-refractivity contribution is 5.83. The molecule has 1 aliphatic rings. The second kappa shape index (κ2) is 4.30.